The fourth-order valence-corrected chi connectivity index (χ4v) is 2.83. The molecular formula is C16H26N2. The molecule has 1 heterocycles. The quantitative estimate of drug-likeness (QED) is 0.858. The molecule has 100 valence electrons. The smallest absolute Gasteiger partial charge is 0.0291 e. The van der Waals surface area contributed by atoms with Crippen LogP contribution in [0.5, 0.6) is 0 Å². The Balaban J connectivity index is 1.71. The van der Waals surface area contributed by atoms with Crippen molar-refractivity contribution in [3.05, 3.63) is 35.9 Å². The monoisotopic (exact) mass is 246 g/mol. The van der Waals surface area contributed by atoms with Gasteiger partial charge in [0.15, 0.2) is 0 Å². The molecule has 2 atom stereocenters. The Hall–Kier alpha value is -0.860. The molecule has 2 rings (SSSR count). The third-order valence-corrected chi connectivity index (χ3v) is 4.15. The van der Waals surface area contributed by atoms with Crippen molar-refractivity contribution in [2.45, 2.75) is 44.7 Å². The summed E-state index contributed by atoms with van der Waals surface area (Å²) in [6.07, 6.45) is 5.43. The van der Waals surface area contributed by atoms with Gasteiger partial charge in [0.1, 0.15) is 0 Å². The van der Waals surface area contributed by atoms with E-state index in [4.69, 9.17) is 0 Å². The Morgan fingerprint density at radius 3 is 2.78 bits per heavy atom. The molecule has 2 unspecified atom stereocenters. The van der Waals surface area contributed by atoms with E-state index < -0.39 is 0 Å². The minimum atomic E-state index is 0.458. The van der Waals surface area contributed by atoms with Gasteiger partial charge in [-0.25, -0.2) is 0 Å². The van der Waals surface area contributed by atoms with Crippen molar-refractivity contribution in [3.8, 4) is 0 Å². The molecule has 0 amide bonds. The predicted octanol–water partition coefficient (Wildman–Crippen LogP) is 3.21. The third-order valence-electron chi connectivity index (χ3n) is 4.15. The Labute approximate surface area is 111 Å². The summed E-state index contributed by atoms with van der Waals surface area (Å²) in [5, 5.41) is 3.64. The number of rotatable bonds is 5. The van der Waals surface area contributed by atoms with Crippen molar-refractivity contribution in [1.82, 2.24) is 10.2 Å². The fourth-order valence-electron chi connectivity index (χ4n) is 2.83. The molecule has 1 fully saturated rings. The molecule has 1 N–H and O–H groups in total. The minimum Gasteiger partial charge on any atom is -0.310 e. The molecule has 1 saturated heterocycles. The topological polar surface area (TPSA) is 15.3 Å². The molecule has 2 heteroatoms. The Kier molecular flexibility index (Phi) is 5.21. The number of nitrogens with zero attached hydrogens (tertiary/aromatic N) is 1. The summed E-state index contributed by atoms with van der Waals surface area (Å²) in [7, 11) is 2.27. The molecule has 2 nitrogen and oxygen atoms in total. The van der Waals surface area contributed by atoms with Crippen LogP contribution in [0.4, 0.5) is 0 Å². The summed E-state index contributed by atoms with van der Waals surface area (Å²) in [6, 6.07) is 11.9. The van der Waals surface area contributed by atoms with E-state index in [0.29, 0.717) is 6.04 Å². The SMILES string of the molecule is CC(NCCC1CCCCN1C)c1ccccc1. The summed E-state index contributed by atoms with van der Waals surface area (Å²) >= 11 is 0. The largest absolute Gasteiger partial charge is 0.310 e. The van der Waals surface area contributed by atoms with Crippen molar-refractivity contribution in [2.75, 3.05) is 20.1 Å². The standard InChI is InChI=1S/C16H26N2/c1-14(15-8-4-3-5-9-15)17-12-11-16-10-6-7-13-18(16)2/h3-5,8-9,14,16-17H,6-7,10-13H2,1-2H3. The molecule has 0 bridgehead atoms. The van der Waals surface area contributed by atoms with Crippen LogP contribution in [0.1, 0.15) is 44.2 Å². The van der Waals surface area contributed by atoms with Gasteiger partial charge in [-0.3, -0.25) is 0 Å². The van der Waals surface area contributed by atoms with E-state index >= 15 is 0 Å². The lowest BCUT2D eigenvalue weighted by atomic mass is 10.00. The van der Waals surface area contributed by atoms with E-state index in [1.807, 2.05) is 0 Å². The van der Waals surface area contributed by atoms with E-state index in [1.54, 1.807) is 0 Å². The van der Waals surface area contributed by atoms with E-state index in [2.05, 4.69) is 54.5 Å². The summed E-state index contributed by atoms with van der Waals surface area (Å²) in [5.74, 6) is 0. The van der Waals surface area contributed by atoms with Crippen LogP contribution in [0, 0.1) is 0 Å². The Morgan fingerprint density at radius 1 is 1.28 bits per heavy atom. The van der Waals surface area contributed by atoms with Crippen LogP contribution in [0.2, 0.25) is 0 Å². The van der Waals surface area contributed by atoms with Crippen LogP contribution >= 0.6 is 0 Å². The van der Waals surface area contributed by atoms with Gasteiger partial charge in [0.2, 0.25) is 0 Å². The second-order valence-electron chi connectivity index (χ2n) is 5.51. The summed E-state index contributed by atoms with van der Waals surface area (Å²) in [5.41, 5.74) is 1.38. The van der Waals surface area contributed by atoms with Crippen molar-refractivity contribution in [3.63, 3.8) is 0 Å². The lowest BCUT2D eigenvalue weighted by Crippen LogP contribution is -2.38. The molecule has 1 aliphatic rings. The third kappa shape index (κ3) is 3.82. The second-order valence-corrected chi connectivity index (χ2v) is 5.51. The lowest BCUT2D eigenvalue weighted by molar-refractivity contribution is 0.174. The molecular weight excluding hydrogens is 220 g/mol. The molecule has 0 saturated carbocycles. The van der Waals surface area contributed by atoms with Crippen molar-refractivity contribution >= 4 is 0 Å². The number of piperidine rings is 1. The second kappa shape index (κ2) is 6.91. The summed E-state index contributed by atoms with van der Waals surface area (Å²) in [4.78, 5) is 2.53. The van der Waals surface area contributed by atoms with Crippen molar-refractivity contribution < 1.29 is 0 Å². The Morgan fingerprint density at radius 2 is 2.06 bits per heavy atom. The van der Waals surface area contributed by atoms with E-state index in [0.717, 1.165) is 12.6 Å². The van der Waals surface area contributed by atoms with Gasteiger partial charge in [-0.05, 0) is 51.9 Å². The number of nitrogens with one attached hydrogen (secondary N) is 1. The van der Waals surface area contributed by atoms with Crippen LogP contribution in [0.15, 0.2) is 30.3 Å². The first-order chi connectivity index (χ1) is 8.77. The molecule has 1 aromatic carbocycles. The van der Waals surface area contributed by atoms with Crippen LogP contribution in [-0.4, -0.2) is 31.1 Å². The maximum absolute atomic E-state index is 3.64. The van der Waals surface area contributed by atoms with Crippen molar-refractivity contribution in [2.24, 2.45) is 0 Å². The van der Waals surface area contributed by atoms with Gasteiger partial charge in [0.25, 0.3) is 0 Å². The van der Waals surface area contributed by atoms with Crippen LogP contribution in [0.3, 0.4) is 0 Å². The van der Waals surface area contributed by atoms with Crippen LogP contribution in [-0.2, 0) is 0 Å². The summed E-state index contributed by atoms with van der Waals surface area (Å²) < 4.78 is 0. The van der Waals surface area contributed by atoms with Gasteiger partial charge in [-0.15, -0.1) is 0 Å². The number of hydrogen-bond acceptors (Lipinski definition) is 2. The first kappa shape index (κ1) is 13.6. The zero-order valence-corrected chi connectivity index (χ0v) is 11.7. The molecule has 1 aliphatic heterocycles. The van der Waals surface area contributed by atoms with Gasteiger partial charge < -0.3 is 10.2 Å². The lowest BCUT2D eigenvalue weighted by Gasteiger charge is -2.32. The highest BCUT2D eigenvalue weighted by Crippen LogP contribution is 2.18. The van der Waals surface area contributed by atoms with Crippen molar-refractivity contribution in [1.29, 1.82) is 0 Å². The molecule has 0 aromatic heterocycles. The van der Waals surface area contributed by atoms with Gasteiger partial charge >= 0.3 is 0 Å². The highest BCUT2D eigenvalue weighted by molar-refractivity contribution is 5.17. The van der Waals surface area contributed by atoms with E-state index in [9.17, 15) is 0 Å². The van der Waals surface area contributed by atoms with E-state index in [1.165, 1.54) is 37.8 Å². The highest BCUT2D eigenvalue weighted by Gasteiger charge is 2.18. The zero-order chi connectivity index (χ0) is 12.8. The van der Waals surface area contributed by atoms with Crippen LogP contribution in [0.25, 0.3) is 0 Å². The minimum absolute atomic E-state index is 0.458. The fraction of sp³-hybridized carbons (Fsp3) is 0.625. The molecule has 0 aliphatic carbocycles. The number of benzene rings is 1. The maximum atomic E-state index is 3.64. The molecule has 0 radical (unpaired) electrons. The van der Waals surface area contributed by atoms with Gasteiger partial charge in [0, 0.05) is 12.1 Å². The van der Waals surface area contributed by atoms with Gasteiger partial charge in [-0.2, -0.15) is 0 Å². The molecule has 0 spiro atoms. The predicted molar refractivity (Wildman–Crippen MR) is 77.7 cm³/mol. The molecule has 18 heavy (non-hydrogen) atoms. The highest BCUT2D eigenvalue weighted by atomic mass is 15.1. The normalized spacial score (nSPS) is 22.9. The van der Waals surface area contributed by atoms with Crippen LogP contribution < -0.4 is 5.32 Å². The summed E-state index contributed by atoms with van der Waals surface area (Å²) in [6.45, 7) is 4.64. The Bertz CT molecular complexity index is 336. The maximum Gasteiger partial charge on any atom is 0.0291 e. The first-order valence-corrected chi connectivity index (χ1v) is 7.26. The molecule has 1 aromatic rings. The van der Waals surface area contributed by atoms with Gasteiger partial charge in [0.05, 0.1) is 0 Å². The zero-order valence-electron chi connectivity index (χ0n) is 11.7. The van der Waals surface area contributed by atoms with Gasteiger partial charge in [-0.1, -0.05) is 36.8 Å². The van der Waals surface area contributed by atoms with E-state index in [-0.39, 0.29) is 0 Å². The average Bonchev–Trinajstić information content (AvgIpc) is 2.42. The average molecular weight is 246 g/mol. The number of likely N-dealkylation sites (tertiary alicyclic amines) is 1. The first-order valence-electron chi connectivity index (χ1n) is 7.26. The number of hydrogen-bond donors (Lipinski definition) is 1.